The zero-order valence-corrected chi connectivity index (χ0v) is 11.1. The van der Waals surface area contributed by atoms with Crippen LogP contribution in [0.25, 0.3) is 6.08 Å². The Kier molecular flexibility index (Phi) is 4.35. The molecule has 94 valence electrons. The van der Waals surface area contributed by atoms with Gasteiger partial charge >= 0.3 is 0 Å². The fourth-order valence-corrected chi connectivity index (χ4v) is 2.02. The predicted molar refractivity (Wildman–Crippen MR) is 76.4 cm³/mol. The molecule has 2 aromatic rings. The van der Waals surface area contributed by atoms with Gasteiger partial charge in [-0.25, -0.2) is 4.98 Å². The van der Waals surface area contributed by atoms with Crippen LogP contribution in [0.3, 0.4) is 0 Å². The smallest absolute Gasteiger partial charge is 0.0950 e. The fourth-order valence-electron chi connectivity index (χ4n) is 2.02. The Morgan fingerprint density at radius 3 is 2.83 bits per heavy atom. The molecule has 1 heterocycles. The molecule has 2 heteroatoms. The van der Waals surface area contributed by atoms with E-state index in [-0.39, 0.29) is 0 Å². The highest BCUT2D eigenvalue weighted by atomic mass is 15.0. The van der Waals surface area contributed by atoms with Gasteiger partial charge in [-0.05, 0) is 43.4 Å². The summed E-state index contributed by atoms with van der Waals surface area (Å²) >= 11 is 0. The molecule has 0 bridgehead atoms. The number of aryl methyl sites for hydroxylation is 3. The van der Waals surface area contributed by atoms with Gasteiger partial charge in [0.05, 0.1) is 12.0 Å². The van der Waals surface area contributed by atoms with Crippen LogP contribution in [0.15, 0.2) is 42.9 Å². The van der Waals surface area contributed by atoms with Crippen molar-refractivity contribution in [3.8, 4) is 0 Å². The second-order valence-corrected chi connectivity index (χ2v) is 4.69. The number of hydrogen-bond donors (Lipinski definition) is 0. The molecule has 1 aromatic carbocycles. The number of benzene rings is 1. The maximum atomic E-state index is 4.26. The summed E-state index contributed by atoms with van der Waals surface area (Å²) in [5.41, 5.74) is 3.89. The Bertz CT molecular complexity index is 523. The second-order valence-electron chi connectivity index (χ2n) is 4.69. The summed E-state index contributed by atoms with van der Waals surface area (Å²) in [7, 11) is 1.99. The number of imidazole rings is 1. The van der Waals surface area contributed by atoms with Crippen LogP contribution in [-0.4, -0.2) is 9.55 Å². The Morgan fingerprint density at radius 1 is 1.28 bits per heavy atom. The molecule has 18 heavy (non-hydrogen) atoms. The molecule has 0 aliphatic heterocycles. The van der Waals surface area contributed by atoms with Gasteiger partial charge in [0, 0.05) is 13.2 Å². The zero-order chi connectivity index (χ0) is 12.8. The van der Waals surface area contributed by atoms with E-state index in [1.165, 1.54) is 17.5 Å². The standard InChI is InChI=1S/C16H20N2/c1-14-8-6-7-10-15(14)9-4-3-5-11-16-12-18(2)13-17-16/h5-8,10-13H,3-4,9H2,1-2H3. The van der Waals surface area contributed by atoms with Crippen LogP contribution in [0.5, 0.6) is 0 Å². The van der Waals surface area contributed by atoms with Crippen molar-refractivity contribution in [1.29, 1.82) is 0 Å². The SMILES string of the molecule is Cc1ccccc1CCCC=Cc1cn(C)cn1. The highest BCUT2D eigenvalue weighted by molar-refractivity contribution is 5.42. The normalized spacial score (nSPS) is 11.2. The van der Waals surface area contributed by atoms with Gasteiger partial charge in [0.25, 0.3) is 0 Å². The minimum Gasteiger partial charge on any atom is -0.340 e. The lowest BCUT2D eigenvalue weighted by Gasteiger charge is -2.03. The van der Waals surface area contributed by atoms with E-state index in [1.807, 2.05) is 24.1 Å². The van der Waals surface area contributed by atoms with Gasteiger partial charge in [0.15, 0.2) is 0 Å². The Morgan fingerprint density at radius 2 is 2.11 bits per heavy atom. The summed E-state index contributed by atoms with van der Waals surface area (Å²) in [4.78, 5) is 4.26. The van der Waals surface area contributed by atoms with Crippen molar-refractivity contribution in [3.05, 3.63) is 59.7 Å². The first-order chi connectivity index (χ1) is 8.75. The molecule has 0 aliphatic rings. The van der Waals surface area contributed by atoms with Crippen molar-refractivity contribution in [2.75, 3.05) is 0 Å². The van der Waals surface area contributed by atoms with Crippen molar-refractivity contribution < 1.29 is 0 Å². The van der Waals surface area contributed by atoms with E-state index in [4.69, 9.17) is 0 Å². The first-order valence-electron chi connectivity index (χ1n) is 6.45. The topological polar surface area (TPSA) is 17.8 Å². The minimum absolute atomic E-state index is 1.04. The van der Waals surface area contributed by atoms with Gasteiger partial charge in [-0.3, -0.25) is 0 Å². The molecular formula is C16H20N2. The summed E-state index contributed by atoms with van der Waals surface area (Å²) in [6.07, 6.45) is 11.6. The lowest BCUT2D eigenvalue weighted by Crippen LogP contribution is -1.88. The Labute approximate surface area is 109 Å². The lowest BCUT2D eigenvalue weighted by molar-refractivity contribution is 0.839. The van der Waals surface area contributed by atoms with Crippen LogP contribution in [0, 0.1) is 6.92 Å². The minimum atomic E-state index is 1.04. The van der Waals surface area contributed by atoms with E-state index < -0.39 is 0 Å². The Balaban J connectivity index is 1.76. The van der Waals surface area contributed by atoms with Crippen LogP contribution >= 0.6 is 0 Å². The average molecular weight is 240 g/mol. The van der Waals surface area contributed by atoms with Crippen LogP contribution in [0.1, 0.15) is 29.7 Å². The van der Waals surface area contributed by atoms with E-state index in [0.717, 1.165) is 18.5 Å². The van der Waals surface area contributed by atoms with Crippen molar-refractivity contribution in [3.63, 3.8) is 0 Å². The molecule has 0 fully saturated rings. The summed E-state index contributed by atoms with van der Waals surface area (Å²) < 4.78 is 1.97. The van der Waals surface area contributed by atoms with E-state index in [1.54, 1.807) is 0 Å². The van der Waals surface area contributed by atoms with Gasteiger partial charge in [0.2, 0.25) is 0 Å². The highest BCUT2D eigenvalue weighted by Crippen LogP contribution is 2.11. The van der Waals surface area contributed by atoms with Crippen molar-refractivity contribution in [2.24, 2.45) is 7.05 Å². The maximum Gasteiger partial charge on any atom is 0.0950 e. The van der Waals surface area contributed by atoms with Crippen molar-refractivity contribution >= 4 is 6.08 Å². The number of unbranched alkanes of at least 4 members (excludes halogenated alkanes) is 1. The maximum absolute atomic E-state index is 4.26. The number of hydrogen-bond acceptors (Lipinski definition) is 1. The van der Waals surface area contributed by atoms with Crippen molar-refractivity contribution in [2.45, 2.75) is 26.2 Å². The third-order valence-corrected chi connectivity index (χ3v) is 3.09. The van der Waals surface area contributed by atoms with Crippen LogP contribution in [0.2, 0.25) is 0 Å². The van der Waals surface area contributed by atoms with Gasteiger partial charge in [-0.1, -0.05) is 30.3 Å². The number of allylic oxidation sites excluding steroid dienone is 1. The fraction of sp³-hybridized carbons (Fsp3) is 0.312. The molecule has 0 amide bonds. The third-order valence-electron chi connectivity index (χ3n) is 3.09. The number of aromatic nitrogens is 2. The first-order valence-corrected chi connectivity index (χ1v) is 6.45. The van der Waals surface area contributed by atoms with Gasteiger partial charge in [-0.2, -0.15) is 0 Å². The number of nitrogens with zero attached hydrogens (tertiary/aromatic N) is 2. The molecule has 2 nitrogen and oxygen atoms in total. The van der Waals surface area contributed by atoms with E-state index >= 15 is 0 Å². The molecule has 0 radical (unpaired) electrons. The molecular weight excluding hydrogens is 220 g/mol. The molecule has 0 aliphatic carbocycles. The first kappa shape index (κ1) is 12.6. The summed E-state index contributed by atoms with van der Waals surface area (Å²) in [6, 6.07) is 8.61. The highest BCUT2D eigenvalue weighted by Gasteiger charge is 1.95. The summed E-state index contributed by atoms with van der Waals surface area (Å²) in [5, 5.41) is 0. The number of rotatable bonds is 5. The average Bonchev–Trinajstić information content (AvgIpc) is 2.77. The zero-order valence-electron chi connectivity index (χ0n) is 11.1. The van der Waals surface area contributed by atoms with E-state index in [9.17, 15) is 0 Å². The molecule has 0 saturated carbocycles. The van der Waals surface area contributed by atoms with Crippen LogP contribution in [-0.2, 0) is 13.5 Å². The molecule has 0 atom stereocenters. The molecule has 0 unspecified atom stereocenters. The van der Waals surface area contributed by atoms with E-state index in [2.05, 4.69) is 48.3 Å². The molecule has 0 saturated heterocycles. The van der Waals surface area contributed by atoms with Crippen LogP contribution in [0.4, 0.5) is 0 Å². The monoisotopic (exact) mass is 240 g/mol. The molecule has 0 N–H and O–H groups in total. The lowest BCUT2D eigenvalue weighted by atomic mass is 10.0. The summed E-state index contributed by atoms with van der Waals surface area (Å²) in [6.45, 7) is 2.18. The van der Waals surface area contributed by atoms with Gasteiger partial charge in [-0.15, -0.1) is 0 Å². The quantitative estimate of drug-likeness (QED) is 0.727. The van der Waals surface area contributed by atoms with Gasteiger partial charge in [0.1, 0.15) is 0 Å². The molecule has 0 spiro atoms. The summed E-state index contributed by atoms with van der Waals surface area (Å²) in [5.74, 6) is 0. The predicted octanol–water partition coefficient (Wildman–Crippen LogP) is 3.76. The van der Waals surface area contributed by atoms with E-state index in [0.29, 0.717) is 0 Å². The largest absolute Gasteiger partial charge is 0.340 e. The molecule has 2 rings (SSSR count). The molecule has 1 aromatic heterocycles. The Hall–Kier alpha value is -1.83. The second kappa shape index (κ2) is 6.20. The van der Waals surface area contributed by atoms with Crippen LogP contribution < -0.4 is 0 Å². The van der Waals surface area contributed by atoms with Gasteiger partial charge < -0.3 is 4.57 Å². The third kappa shape index (κ3) is 3.59. The van der Waals surface area contributed by atoms with Crippen molar-refractivity contribution in [1.82, 2.24) is 9.55 Å².